The van der Waals surface area contributed by atoms with E-state index >= 15 is 0 Å². The van der Waals surface area contributed by atoms with Gasteiger partial charge in [-0.3, -0.25) is 19.7 Å². The van der Waals surface area contributed by atoms with E-state index in [0.29, 0.717) is 49.4 Å². The first-order chi connectivity index (χ1) is 21.1. The van der Waals surface area contributed by atoms with Gasteiger partial charge in [0.2, 0.25) is 0 Å². The van der Waals surface area contributed by atoms with E-state index in [-0.39, 0.29) is 24.5 Å². The standard InChI is InChI=1S/C31H29ClIN3O8/c1-4-12-43-24-11-10-21(16-25(24)41-3)36-30(39)22(29(38)35-31(36)40)13-18-14-23(33)28(26(15-18)42-5-2)44-17-27(37)34-20-8-6-19(32)7-9-20/h6-11,13-16H,4-5,12,17H2,1-3H3,(H,34,37)(H,35,38,40)/b22-13+. The van der Waals surface area contributed by atoms with Crippen LogP contribution in [0.15, 0.2) is 60.2 Å². The molecule has 13 heteroatoms. The maximum absolute atomic E-state index is 13.5. The Bertz CT molecular complexity index is 1610. The van der Waals surface area contributed by atoms with Crippen LogP contribution in [0.5, 0.6) is 23.0 Å². The second-order valence-electron chi connectivity index (χ2n) is 9.25. The summed E-state index contributed by atoms with van der Waals surface area (Å²) in [6, 6.07) is 13.6. The van der Waals surface area contributed by atoms with Crippen LogP contribution in [0, 0.1) is 3.57 Å². The highest BCUT2D eigenvalue weighted by atomic mass is 127. The van der Waals surface area contributed by atoms with E-state index in [9.17, 15) is 19.2 Å². The quantitative estimate of drug-likeness (QED) is 0.135. The Morgan fingerprint density at radius 2 is 1.73 bits per heavy atom. The molecule has 1 fully saturated rings. The Balaban J connectivity index is 1.58. The summed E-state index contributed by atoms with van der Waals surface area (Å²) in [6.07, 6.45) is 2.14. The fourth-order valence-corrected chi connectivity index (χ4v) is 5.03. The summed E-state index contributed by atoms with van der Waals surface area (Å²) in [4.78, 5) is 52.4. The molecule has 3 aromatic carbocycles. The van der Waals surface area contributed by atoms with Crippen molar-refractivity contribution in [1.29, 1.82) is 0 Å². The highest BCUT2D eigenvalue weighted by Gasteiger charge is 2.37. The number of amides is 5. The number of barbiturate groups is 1. The Hall–Kier alpha value is -4.30. The Labute approximate surface area is 272 Å². The van der Waals surface area contributed by atoms with Crippen molar-refractivity contribution < 1.29 is 38.1 Å². The molecule has 5 amide bonds. The van der Waals surface area contributed by atoms with Crippen molar-refractivity contribution in [2.45, 2.75) is 20.3 Å². The van der Waals surface area contributed by atoms with E-state index in [0.717, 1.165) is 11.3 Å². The van der Waals surface area contributed by atoms with Gasteiger partial charge in [0.1, 0.15) is 5.57 Å². The van der Waals surface area contributed by atoms with Crippen LogP contribution in [0.3, 0.4) is 0 Å². The van der Waals surface area contributed by atoms with Crippen molar-refractivity contribution in [3.8, 4) is 23.0 Å². The number of imide groups is 2. The molecule has 11 nitrogen and oxygen atoms in total. The highest BCUT2D eigenvalue weighted by molar-refractivity contribution is 14.1. The number of nitrogens with zero attached hydrogens (tertiary/aromatic N) is 1. The Morgan fingerprint density at radius 3 is 2.41 bits per heavy atom. The average Bonchev–Trinajstić information content (AvgIpc) is 2.99. The molecule has 0 atom stereocenters. The van der Waals surface area contributed by atoms with E-state index in [1.807, 2.05) is 29.5 Å². The van der Waals surface area contributed by atoms with Crippen LogP contribution in [0.4, 0.5) is 16.2 Å². The lowest BCUT2D eigenvalue weighted by Gasteiger charge is -2.27. The van der Waals surface area contributed by atoms with Crippen molar-refractivity contribution in [3.63, 3.8) is 0 Å². The molecule has 0 aliphatic carbocycles. The zero-order chi connectivity index (χ0) is 31.8. The maximum Gasteiger partial charge on any atom is 0.335 e. The number of hydrogen-bond donors (Lipinski definition) is 2. The summed E-state index contributed by atoms with van der Waals surface area (Å²) in [7, 11) is 1.45. The van der Waals surface area contributed by atoms with Crippen LogP contribution in [0.1, 0.15) is 25.8 Å². The second-order valence-corrected chi connectivity index (χ2v) is 10.8. The number of carbonyl (C=O) groups is 4. The number of carbonyl (C=O) groups excluding carboxylic acids is 4. The normalized spacial score (nSPS) is 13.9. The summed E-state index contributed by atoms with van der Waals surface area (Å²) in [5.41, 5.74) is 0.914. The largest absolute Gasteiger partial charge is 0.493 e. The number of methoxy groups -OCH3 is 1. The summed E-state index contributed by atoms with van der Waals surface area (Å²) in [5, 5.41) is 5.48. The number of anilines is 2. The number of urea groups is 1. The van der Waals surface area contributed by atoms with E-state index in [4.69, 9.17) is 30.5 Å². The summed E-state index contributed by atoms with van der Waals surface area (Å²) >= 11 is 7.90. The van der Waals surface area contributed by atoms with Gasteiger partial charge in [0.25, 0.3) is 17.7 Å². The fraction of sp³-hybridized carbons (Fsp3) is 0.226. The molecular formula is C31H29ClIN3O8. The van der Waals surface area contributed by atoms with Crippen molar-refractivity contribution >= 4 is 75.4 Å². The molecular weight excluding hydrogens is 705 g/mol. The first-order valence-corrected chi connectivity index (χ1v) is 15.0. The van der Waals surface area contributed by atoms with E-state index < -0.39 is 23.8 Å². The van der Waals surface area contributed by atoms with E-state index in [1.54, 1.807) is 49.4 Å². The van der Waals surface area contributed by atoms with Gasteiger partial charge >= 0.3 is 6.03 Å². The van der Waals surface area contributed by atoms with Crippen LogP contribution in [-0.4, -0.2) is 50.7 Å². The molecule has 1 aliphatic heterocycles. The molecule has 0 bridgehead atoms. The second kappa shape index (κ2) is 14.9. The minimum absolute atomic E-state index is 0.191. The van der Waals surface area contributed by atoms with Crippen molar-refractivity contribution in [2.75, 3.05) is 37.1 Å². The predicted molar refractivity (Wildman–Crippen MR) is 174 cm³/mol. The SMILES string of the molecule is CCCOc1ccc(N2C(=O)NC(=O)/C(=C\c3cc(I)c(OCC(=O)Nc4ccc(Cl)cc4)c(OCC)c3)C2=O)cc1OC. The van der Waals surface area contributed by atoms with E-state index in [1.165, 1.54) is 25.3 Å². The maximum atomic E-state index is 13.5. The molecule has 1 saturated heterocycles. The van der Waals surface area contributed by atoms with Gasteiger partial charge in [-0.1, -0.05) is 18.5 Å². The topological polar surface area (TPSA) is 132 Å². The third-order valence-corrected chi connectivity index (χ3v) is 7.14. The zero-order valence-electron chi connectivity index (χ0n) is 24.1. The van der Waals surface area contributed by atoms with Gasteiger partial charge in [0.05, 0.1) is 29.6 Å². The number of nitrogens with one attached hydrogen (secondary N) is 2. The molecule has 44 heavy (non-hydrogen) atoms. The highest BCUT2D eigenvalue weighted by Crippen LogP contribution is 2.36. The molecule has 0 unspecified atom stereocenters. The third kappa shape index (κ3) is 7.80. The fourth-order valence-electron chi connectivity index (χ4n) is 4.13. The number of halogens is 2. The molecule has 0 radical (unpaired) electrons. The molecule has 1 heterocycles. The van der Waals surface area contributed by atoms with Gasteiger partial charge in [-0.25, -0.2) is 9.69 Å². The molecule has 0 spiro atoms. The lowest BCUT2D eigenvalue weighted by atomic mass is 10.1. The van der Waals surface area contributed by atoms with Crippen LogP contribution < -0.4 is 34.5 Å². The summed E-state index contributed by atoms with van der Waals surface area (Å²) in [6.45, 7) is 4.19. The van der Waals surface area contributed by atoms with Gasteiger partial charge in [0.15, 0.2) is 29.6 Å². The third-order valence-electron chi connectivity index (χ3n) is 6.09. The van der Waals surface area contributed by atoms with Crippen LogP contribution in [0.2, 0.25) is 5.02 Å². The molecule has 1 aliphatic rings. The van der Waals surface area contributed by atoms with E-state index in [2.05, 4.69) is 10.6 Å². The lowest BCUT2D eigenvalue weighted by Crippen LogP contribution is -2.54. The number of hydrogen-bond acceptors (Lipinski definition) is 8. The summed E-state index contributed by atoms with van der Waals surface area (Å²) in [5.74, 6) is -0.671. The monoisotopic (exact) mass is 733 g/mol. The van der Waals surface area contributed by atoms with Gasteiger partial charge in [0, 0.05) is 16.8 Å². The van der Waals surface area contributed by atoms with Crippen LogP contribution in [-0.2, 0) is 14.4 Å². The number of benzene rings is 3. The smallest absolute Gasteiger partial charge is 0.335 e. The molecule has 2 N–H and O–H groups in total. The Morgan fingerprint density at radius 1 is 0.977 bits per heavy atom. The average molecular weight is 734 g/mol. The molecule has 0 saturated carbocycles. The van der Waals surface area contributed by atoms with Crippen molar-refractivity contribution in [1.82, 2.24) is 5.32 Å². The minimum atomic E-state index is -0.897. The number of rotatable bonds is 12. The summed E-state index contributed by atoms with van der Waals surface area (Å²) < 4.78 is 23.2. The van der Waals surface area contributed by atoms with Crippen LogP contribution in [0.25, 0.3) is 6.08 Å². The van der Waals surface area contributed by atoms with Gasteiger partial charge < -0.3 is 24.3 Å². The number of ether oxygens (including phenoxy) is 4. The van der Waals surface area contributed by atoms with Crippen LogP contribution >= 0.6 is 34.2 Å². The van der Waals surface area contributed by atoms with Gasteiger partial charge in [-0.2, -0.15) is 0 Å². The first kappa shape index (κ1) is 32.6. The zero-order valence-corrected chi connectivity index (χ0v) is 27.0. The molecule has 230 valence electrons. The first-order valence-electron chi connectivity index (χ1n) is 13.5. The molecule has 3 aromatic rings. The minimum Gasteiger partial charge on any atom is -0.493 e. The van der Waals surface area contributed by atoms with Gasteiger partial charge in [-0.05, 0) is 96.1 Å². The Kier molecular flexibility index (Phi) is 11.1. The lowest BCUT2D eigenvalue weighted by molar-refractivity contribution is -0.122. The van der Waals surface area contributed by atoms with Gasteiger partial charge in [-0.15, -0.1) is 0 Å². The molecule has 4 rings (SSSR count). The van der Waals surface area contributed by atoms with Crippen molar-refractivity contribution in [2.24, 2.45) is 0 Å². The van der Waals surface area contributed by atoms with Crippen molar-refractivity contribution in [3.05, 3.63) is 74.3 Å². The molecule has 0 aromatic heterocycles. The predicted octanol–water partition coefficient (Wildman–Crippen LogP) is 5.82.